The fraction of sp³-hybridized carbons (Fsp3) is 0.800. The van der Waals surface area contributed by atoms with E-state index >= 15 is 0 Å². The normalized spacial score (nSPS) is 22.6. The molecule has 1 aromatic heterocycles. The lowest BCUT2D eigenvalue weighted by Crippen LogP contribution is -2.12. The van der Waals surface area contributed by atoms with Gasteiger partial charge in [-0.15, -0.1) is 11.8 Å². The second-order valence-corrected chi connectivity index (χ2v) is 7.26. The average Bonchev–Trinajstić information content (AvgIpc) is 2.86. The lowest BCUT2D eigenvalue weighted by molar-refractivity contribution is 0.349. The van der Waals surface area contributed by atoms with E-state index in [1.54, 1.807) is 11.8 Å². The molecule has 2 atom stereocenters. The standard InChI is InChI=1S/C10H17N3OS3/c1-15-3-2-7(11)10-12-9(13-14-10)8-6-16-4-5-17-8/h7-8H,2-6,11H2,1H3. The van der Waals surface area contributed by atoms with Crippen LogP contribution in [0.3, 0.4) is 0 Å². The summed E-state index contributed by atoms with van der Waals surface area (Å²) in [6.07, 6.45) is 2.96. The maximum absolute atomic E-state index is 6.00. The topological polar surface area (TPSA) is 64.9 Å². The van der Waals surface area contributed by atoms with Crippen LogP contribution < -0.4 is 5.73 Å². The molecule has 0 radical (unpaired) electrons. The molecule has 1 aliphatic rings. The third-order valence-electron chi connectivity index (χ3n) is 2.51. The van der Waals surface area contributed by atoms with Gasteiger partial charge in [0.25, 0.3) is 0 Å². The minimum atomic E-state index is -0.120. The summed E-state index contributed by atoms with van der Waals surface area (Å²) >= 11 is 5.64. The van der Waals surface area contributed by atoms with Crippen molar-refractivity contribution in [2.75, 3.05) is 29.3 Å². The van der Waals surface area contributed by atoms with E-state index in [1.165, 1.54) is 5.75 Å². The molecule has 7 heteroatoms. The summed E-state index contributed by atoms with van der Waals surface area (Å²) in [4.78, 5) is 4.44. The number of nitrogens with zero attached hydrogens (tertiary/aromatic N) is 2. The van der Waals surface area contributed by atoms with E-state index < -0.39 is 0 Å². The van der Waals surface area contributed by atoms with Crippen molar-refractivity contribution in [3.63, 3.8) is 0 Å². The van der Waals surface area contributed by atoms with Crippen LogP contribution in [0, 0.1) is 0 Å². The van der Waals surface area contributed by atoms with Gasteiger partial charge in [-0.05, 0) is 18.4 Å². The highest BCUT2D eigenvalue weighted by Crippen LogP contribution is 2.35. The summed E-state index contributed by atoms with van der Waals surface area (Å²) in [7, 11) is 0. The first-order chi connectivity index (χ1) is 8.31. The molecule has 1 saturated heterocycles. The molecule has 1 aliphatic heterocycles. The summed E-state index contributed by atoms with van der Waals surface area (Å²) in [5, 5.41) is 4.44. The molecule has 1 fully saturated rings. The molecule has 17 heavy (non-hydrogen) atoms. The third-order valence-corrected chi connectivity index (χ3v) is 5.91. The van der Waals surface area contributed by atoms with Crippen LogP contribution in [0.2, 0.25) is 0 Å². The lowest BCUT2D eigenvalue weighted by Gasteiger charge is -2.17. The van der Waals surface area contributed by atoms with Gasteiger partial charge in [0.15, 0.2) is 5.82 Å². The molecule has 1 aromatic rings. The Morgan fingerprint density at radius 1 is 1.59 bits per heavy atom. The van der Waals surface area contributed by atoms with Crippen molar-refractivity contribution in [1.29, 1.82) is 0 Å². The summed E-state index contributed by atoms with van der Waals surface area (Å²) in [5.74, 6) is 5.88. The maximum Gasteiger partial charge on any atom is 0.243 e. The number of hydrogen-bond acceptors (Lipinski definition) is 7. The highest BCUT2D eigenvalue weighted by atomic mass is 32.2. The Balaban J connectivity index is 1.94. The summed E-state index contributed by atoms with van der Waals surface area (Å²) < 4.78 is 5.26. The van der Waals surface area contributed by atoms with Gasteiger partial charge in [0, 0.05) is 17.3 Å². The number of hydrogen-bond donors (Lipinski definition) is 1. The second kappa shape index (κ2) is 6.92. The van der Waals surface area contributed by atoms with Crippen molar-refractivity contribution < 1.29 is 4.52 Å². The number of thioether (sulfide) groups is 3. The molecule has 2 unspecified atom stereocenters. The summed E-state index contributed by atoms with van der Waals surface area (Å²) in [6.45, 7) is 0. The minimum Gasteiger partial charge on any atom is -0.338 e. The zero-order valence-corrected chi connectivity index (χ0v) is 12.2. The molecule has 96 valence electrons. The van der Waals surface area contributed by atoms with E-state index in [1.807, 2.05) is 23.5 Å². The highest BCUT2D eigenvalue weighted by molar-refractivity contribution is 8.06. The van der Waals surface area contributed by atoms with Crippen LogP contribution in [-0.4, -0.2) is 39.4 Å². The van der Waals surface area contributed by atoms with Gasteiger partial charge in [0.05, 0.1) is 11.3 Å². The van der Waals surface area contributed by atoms with Gasteiger partial charge in [0.1, 0.15) is 0 Å². The number of nitrogens with two attached hydrogens (primary N) is 1. The Morgan fingerprint density at radius 3 is 3.18 bits per heavy atom. The van der Waals surface area contributed by atoms with Crippen molar-refractivity contribution in [1.82, 2.24) is 10.1 Å². The van der Waals surface area contributed by atoms with Crippen LogP contribution >= 0.6 is 35.3 Å². The van der Waals surface area contributed by atoms with E-state index in [2.05, 4.69) is 16.4 Å². The minimum absolute atomic E-state index is 0.120. The van der Waals surface area contributed by atoms with Crippen LogP contribution in [0.1, 0.15) is 29.4 Å². The van der Waals surface area contributed by atoms with Gasteiger partial charge < -0.3 is 10.3 Å². The smallest absolute Gasteiger partial charge is 0.243 e. The monoisotopic (exact) mass is 291 g/mol. The van der Waals surface area contributed by atoms with E-state index in [0.717, 1.165) is 29.5 Å². The van der Waals surface area contributed by atoms with Crippen molar-refractivity contribution >= 4 is 35.3 Å². The van der Waals surface area contributed by atoms with Crippen molar-refractivity contribution in [2.24, 2.45) is 5.73 Å². The quantitative estimate of drug-likeness (QED) is 0.893. The average molecular weight is 291 g/mol. The van der Waals surface area contributed by atoms with Crippen molar-refractivity contribution in [2.45, 2.75) is 17.7 Å². The molecule has 0 aromatic carbocycles. The SMILES string of the molecule is CSCCC(N)c1nc(C2CSCCS2)no1. The van der Waals surface area contributed by atoms with Crippen LogP contribution in [0.15, 0.2) is 4.52 Å². The molecular weight excluding hydrogens is 274 g/mol. The largest absolute Gasteiger partial charge is 0.338 e. The zero-order valence-electron chi connectivity index (χ0n) is 9.80. The Morgan fingerprint density at radius 2 is 2.47 bits per heavy atom. The summed E-state index contributed by atoms with van der Waals surface area (Å²) in [5.41, 5.74) is 6.00. The summed E-state index contributed by atoms with van der Waals surface area (Å²) in [6, 6.07) is -0.120. The maximum atomic E-state index is 6.00. The van der Waals surface area contributed by atoms with Gasteiger partial charge in [0.2, 0.25) is 5.89 Å². The van der Waals surface area contributed by atoms with Gasteiger partial charge in [-0.2, -0.15) is 28.5 Å². The Labute approximate surface area is 114 Å². The van der Waals surface area contributed by atoms with Crippen LogP contribution in [0.4, 0.5) is 0 Å². The number of aromatic nitrogens is 2. The molecule has 0 saturated carbocycles. The van der Waals surface area contributed by atoms with Crippen molar-refractivity contribution in [3.8, 4) is 0 Å². The van der Waals surface area contributed by atoms with E-state index in [-0.39, 0.29) is 6.04 Å². The Hall–Kier alpha value is 0.150. The molecule has 0 aliphatic carbocycles. The molecule has 0 bridgehead atoms. The highest BCUT2D eigenvalue weighted by Gasteiger charge is 2.23. The van der Waals surface area contributed by atoms with Gasteiger partial charge in [-0.1, -0.05) is 5.16 Å². The zero-order chi connectivity index (χ0) is 12.1. The molecule has 2 N–H and O–H groups in total. The predicted molar refractivity (Wildman–Crippen MR) is 76.7 cm³/mol. The first-order valence-corrected chi connectivity index (χ1v) is 9.18. The van der Waals surface area contributed by atoms with Crippen LogP contribution in [0.5, 0.6) is 0 Å². The predicted octanol–water partition coefficient (Wildman–Crippen LogP) is 2.34. The molecule has 0 spiro atoms. The number of rotatable bonds is 5. The molecule has 2 rings (SSSR count). The molecule has 2 heterocycles. The third kappa shape index (κ3) is 3.81. The Bertz CT molecular complexity index is 341. The first kappa shape index (κ1) is 13.6. The van der Waals surface area contributed by atoms with Crippen LogP contribution in [0.25, 0.3) is 0 Å². The molecular formula is C10H17N3OS3. The van der Waals surface area contributed by atoms with Gasteiger partial charge >= 0.3 is 0 Å². The van der Waals surface area contributed by atoms with Gasteiger partial charge in [-0.3, -0.25) is 0 Å². The van der Waals surface area contributed by atoms with Gasteiger partial charge in [-0.25, -0.2) is 0 Å². The van der Waals surface area contributed by atoms with E-state index in [0.29, 0.717) is 11.1 Å². The fourth-order valence-electron chi connectivity index (χ4n) is 1.53. The van der Waals surface area contributed by atoms with E-state index in [9.17, 15) is 0 Å². The fourth-order valence-corrected chi connectivity index (χ4v) is 4.61. The molecule has 0 amide bonds. The molecule has 4 nitrogen and oxygen atoms in total. The van der Waals surface area contributed by atoms with Crippen molar-refractivity contribution in [3.05, 3.63) is 11.7 Å². The first-order valence-electron chi connectivity index (χ1n) is 5.58. The second-order valence-electron chi connectivity index (χ2n) is 3.81. The lowest BCUT2D eigenvalue weighted by atomic mass is 10.2. The van der Waals surface area contributed by atoms with E-state index in [4.69, 9.17) is 10.3 Å². The Kier molecular flexibility index (Phi) is 5.52. The van der Waals surface area contributed by atoms with Crippen LogP contribution in [-0.2, 0) is 0 Å².